The van der Waals surface area contributed by atoms with Crippen molar-refractivity contribution in [2.45, 2.75) is 50.6 Å². The van der Waals surface area contributed by atoms with Crippen LogP contribution in [-0.4, -0.2) is 53.3 Å². The minimum atomic E-state index is -0.820. The van der Waals surface area contributed by atoms with Gasteiger partial charge >= 0.3 is 6.03 Å². The van der Waals surface area contributed by atoms with Crippen molar-refractivity contribution in [3.63, 3.8) is 0 Å². The SMILES string of the molecule is CN1C(=O)N(CC(=O)Nc2ccc3c(c2F)CCNC3)C(=O)C12CCCCC2.Cl. The number of anilines is 1. The second-order valence-corrected chi connectivity index (χ2v) is 7.86. The number of imide groups is 1. The van der Waals surface area contributed by atoms with Crippen LogP contribution in [0.5, 0.6) is 0 Å². The molecule has 1 aromatic rings. The van der Waals surface area contributed by atoms with Crippen LogP contribution in [0.4, 0.5) is 14.9 Å². The molecule has 0 unspecified atom stereocenters. The first-order chi connectivity index (χ1) is 13.4. The summed E-state index contributed by atoms with van der Waals surface area (Å²) in [6, 6.07) is 2.86. The molecule has 0 radical (unpaired) electrons. The fraction of sp³-hybridized carbons (Fsp3) is 0.550. The molecule has 4 amide bonds. The van der Waals surface area contributed by atoms with Crippen LogP contribution in [0.2, 0.25) is 0 Å². The molecule has 2 aliphatic heterocycles. The molecule has 9 heteroatoms. The summed E-state index contributed by atoms with van der Waals surface area (Å²) >= 11 is 0. The molecule has 1 spiro atoms. The van der Waals surface area contributed by atoms with E-state index >= 15 is 0 Å². The molecule has 1 aliphatic carbocycles. The number of nitrogens with zero attached hydrogens (tertiary/aromatic N) is 2. The third-order valence-electron chi connectivity index (χ3n) is 6.27. The summed E-state index contributed by atoms with van der Waals surface area (Å²) in [6.45, 7) is 0.889. The van der Waals surface area contributed by atoms with Gasteiger partial charge in [-0.25, -0.2) is 9.18 Å². The molecule has 0 bridgehead atoms. The van der Waals surface area contributed by atoms with Crippen LogP contribution in [-0.2, 0) is 22.6 Å². The molecule has 1 saturated carbocycles. The van der Waals surface area contributed by atoms with Gasteiger partial charge in [-0.2, -0.15) is 0 Å². The van der Waals surface area contributed by atoms with E-state index in [9.17, 15) is 18.8 Å². The number of carbonyl (C=O) groups excluding carboxylic acids is 3. The molecule has 1 aromatic carbocycles. The number of nitrogens with one attached hydrogen (secondary N) is 2. The first-order valence-corrected chi connectivity index (χ1v) is 9.84. The minimum absolute atomic E-state index is 0. The zero-order chi connectivity index (χ0) is 19.9. The molecule has 0 aromatic heterocycles. The van der Waals surface area contributed by atoms with E-state index in [-0.39, 0.29) is 24.0 Å². The molecule has 29 heavy (non-hydrogen) atoms. The predicted octanol–water partition coefficient (Wildman–Crippen LogP) is 2.43. The highest BCUT2D eigenvalue weighted by Crippen LogP contribution is 2.39. The molecule has 4 rings (SSSR count). The van der Waals surface area contributed by atoms with Crippen LogP contribution in [0.1, 0.15) is 43.2 Å². The Morgan fingerprint density at radius 1 is 1.24 bits per heavy atom. The number of rotatable bonds is 3. The fourth-order valence-corrected chi connectivity index (χ4v) is 4.63. The van der Waals surface area contributed by atoms with E-state index in [2.05, 4.69) is 10.6 Å². The maximum absolute atomic E-state index is 14.7. The zero-order valence-electron chi connectivity index (χ0n) is 16.4. The second kappa shape index (κ2) is 8.28. The smallest absolute Gasteiger partial charge is 0.322 e. The van der Waals surface area contributed by atoms with Gasteiger partial charge in [0.25, 0.3) is 5.91 Å². The van der Waals surface area contributed by atoms with Crippen LogP contribution in [0.15, 0.2) is 12.1 Å². The van der Waals surface area contributed by atoms with Crippen LogP contribution in [0.25, 0.3) is 0 Å². The summed E-state index contributed by atoms with van der Waals surface area (Å²) in [6.07, 6.45) is 4.63. The lowest BCUT2D eigenvalue weighted by atomic mass is 9.81. The van der Waals surface area contributed by atoms with Gasteiger partial charge in [0.2, 0.25) is 5.91 Å². The Balaban J connectivity index is 0.00000240. The van der Waals surface area contributed by atoms with Gasteiger partial charge in [-0.3, -0.25) is 14.5 Å². The predicted molar refractivity (Wildman–Crippen MR) is 108 cm³/mol. The van der Waals surface area contributed by atoms with E-state index in [0.717, 1.165) is 29.7 Å². The molecule has 2 N–H and O–H groups in total. The third kappa shape index (κ3) is 3.59. The maximum atomic E-state index is 14.7. The molecule has 0 atom stereocenters. The number of amides is 4. The summed E-state index contributed by atoms with van der Waals surface area (Å²) < 4.78 is 14.7. The van der Waals surface area contributed by atoms with E-state index in [4.69, 9.17) is 0 Å². The van der Waals surface area contributed by atoms with Crippen molar-refractivity contribution in [1.29, 1.82) is 0 Å². The molecular formula is C20H26ClFN4O3. The average Bonchev–Trinajstić information content (AvgIpc) is 2.87. The topological polar surface area (TPSA) is 81.8 Å². The Kier molecular flexibility index (Phi) is 6.14. The normalized spacial score (nSPS) is 20.5. The van der Waals surface area contributed by atoms with Gasteiger partial charge in [-0.05, 0) is 43.0 Å². The molecule has 2 heterocycles. The maximum Gasteiger partial charge on any atom is 0.327 e. The minimum Gasteiger partial charge on any atom is -0.322 e. The Hall–Kier alpha value is -2.19. The average molecular weight is 425 g/mol. The van der Waals surface area contributed by atoms with Gasteiger partial charge in [0, 0.05) is 13.6 Å². The highest BCUT2D eigenvalue weighted by Gasteiger charge is 2.55. The molecule has 2 fully saturated rings. The Morgan fingerprint density at radius 2 is 1.97 bits per heavy atom. The van der Waals surface area contributed by atoms with E-state index in [1.54, 1.807) is 13.1 Å². The van der Waals surface area contributed by atoms with Gasteiger partial charge < -0.3 is 15.5 Å². The van der Waals surface area contributed by atoms with Crippen LogP contribution in [0, 0.1) is 5.82 Å². The summed E-state index contributed by atoms with van der Waals surface area (Å²) in [7, 11) is 1.63. The largest absolute Gasteiger partial charge is 0.327 e. The van der Waals surface area contributed by atoms with Gasteiger partial charge in [-0.15, -0.1) is 12.4 Å². The standard InChI is InChI=1S/C20H25FN4O3.ClH/c1-24-19(28)25(18(27)20(24)8-3-2-4-9-20)12-16(26)23-15-6-5-13-11-22-10-7-14(13)17(15)21;/h5-6,22H,2-4,7-12H2,1H3,(H,23,26);1H. The third-order valence-corrected chi connectivity index (χ3v) is 6.27. The van der Waals surface area contributed by atoms with Crippen molar-refractivity contribution >= 4 is 35.9 Å². The number of hydrogen-bond acceptors (Lipinski definition) is 4. The molecule has 3 aliphatic rings. The zero-order valence-corrected chi connectivity index (χ0v) is 17.2. The lowest BCUT2D eigenvalue weighted by Crippen LogP contribution is -2.49. The quantitative estimate of drug-likeness (QED) is 0.730. The lowest BCUT2D eigenvalue weighted by Gasteiger charge is -2.35. The molecule has 7 nitrogen and oxygen atoms in total. The highest BCUT2D eigenvalue weighted by atomic mass is 35.5. The number of hydrogen-bond donors (Lipinski definition) is 2. The molecule has 1 saturated heterocycles. The second-order valence-electron chi connectivity index (χ2n) is 7.86. The Bertz CT molecular complexity index is 841. The van der Waals surface area contributed by atoms with Crippen LogP contribution >= 0.6 is 12.4 Å². The number of benzene rings is 1. The van der Waals surface area contributed by atoms with E-state index < -0.39 is 29.8 Å². The van der Waals surface area contributed by atoms with Crippen molar-refractivity contribution in [3.8, 4) is 0 Å². The van der Waals surface area contributed by atoms with Gasteiger partial charge in [-0.1, -0.05) is 25.3 Å². The Labute approximate surface area is 175 Å². The first kappa shape index (κ1) is 21.5. The van der Waals surface area contributed by atoms with Crippen molar-refractivity contribution in [2.75, 3.05) is 25.5 Å². The monoisotopic (exact) mass is 424 g/mol. The van der Waals surface area contributed by atoms with Crippen molar-refractivity contribution in [2.24, 2.45) is 0 Å². The Morgan fingerprint density at radius 3 is 2.69 bits per heavy atom. The van der Waals surface area contributed by atoms with E-state index in [0.29, 0.717) is 37.9 Å². The van der Waals surface area contributed by atoms with E-state index in [1.807, 2.05) is 0 Å². The van der Waals surface area contributed by atoms with Crippen LogP contribution in [0.3, 0.4) is 0 Å². The summed E-state index contributed by atoms with van der Waals surface area (Å²) in [5.74, 6) is -1.32. The van der Waals surface area contributed by atoms with Crippen molar-refractivity contribution in [1.82, 2.24) is 15.1 Å². The number of likely N-dealkylation sites (N-methyl/N-ethyl adjacent to an activating group) is 1. The van der Waals surface area contributed by atoms with Gasteiger partial charge in [0.1, 0.15) is 17.9 Å². The summed E-state index contributed by atoms with van der Waals surface area (Å²) in [5.41, 5.74) is 0.753. The summed E-state index contributed by atoms with van der Waals surface area (Å²) in [5, 5.41) is 5.71. The summed E-state index contributed by atoms with van der Waals surface area (Å²) in [4.78, 5) is 40.5. The van der Waals surface area contributed by atoms with Gasteiger partial charge in [0.15, 0.2) is 0 Å². The van der Waals surface area contributed by atoms with E-state index in [1.165, 1.54) is 11.0 Å². The molecule has 158 valence electrons. The highest BCUT2D eigenvalue weighted by molar-refractivity contribution is 6.10. The lowest BCUT2D eigenvalue weighted by molar-refractivity contribution is -0.136. The van der Waals surface area contributed by atoms with Crippen molar-refractivity contribution in [3.05, 3.63) is 29.1 Å². The van der Waals surface area contributed by atoms with Crippen molar-refractivity contribution < 1.29 is 18.8 Å². The van der Waals surface area contributed by atoms with Gasteiger partial charge in [0.05, 0.1) is 5.69 Å². The van der Waals surface area contributed by atoms with Crippen LogP contribution < -0.4 is 10.6 Å². The number of halogens is 2. The first-order valence-electron chi connectivity index (χ1n) is 9.84. The number of urea groups is 1. The molecular weight excluding hydrogens is 399 g/mol. The fourth-order valence-electron chi connectivity index (χ4n) is 4.63. The number of carbonyl (C=O) groups is 3. The number of fused-ring (bicyclic) bond motifs is 1.